The monoisotopic (exact) mass is 268 g/mol. The second kappa shape index (κ2) is 5.70. The molecule has 0 amide bonds. The first-order chi connectivity index (χ1) is 9.40. The summed E-state index contributed by atoms with van der Waals surface area (Å²) in [4.78, 5) is 0. The average Bonchev–Trinajstić information content (AvgIpc) is 2.39. The van der Waals surface area contributed by atoms with Crippen molar-refractivity contribution >= 4 is 0 Å². The lowest BCUT2D eigenvalue weighted by atomic mass is 9.86. The van der Waals surface area contributed by atoms with Gasteiger partial charge in [0.25, 0.3) is 0 Å². The third-order valence-electron chi connectivity index (χ3n) is 3.48. The molecule has 1 N–H and O–H groups in total. The van der Waals surface area contributed by atoms with E-state index in [1.54, 1.807) is 0 Å². The lowest BCUT2D eigenvalue weighted by Crippen LogP contribution is -2.09. The van der Waals surface area contributed by atoms with Crippen LogP contribution in [-0.2, 0) is 12.8 Å². The summed E-state index contributed by atoms with van der Waals surface area (Å²) in [6, 6.07) is 14.3. The molecule has 1 heteroatoms. The first-order valence-corrected chi connectivity index (χ1v) is 7.31. The normalized spacial score (nSPS) is 11.6. The van der Waals surface area contributed by atoms with Crippen molar-refractivity contribution in [2.24, 2.45) is 5.41 Å². The Morgan fingerprint density at radius 3 is 2.30 bits per heavy atom. The zero-order chi connectivity index (χ0) is 14.8. The van der Waals surface area contributed by atoms with Crippen LogP contribution in [0.3, 0.4) is 0 Å². The van der Waals surface area contributed by atoms with Crippen molar-refractivity contribution in [2.75, 3.05) is 0 Å². The van der Waals surface area contributed by atoms with Crippen LogP contribution in [0.2, 0.25) is 0 Å². The molecule has 106 valence electrons. The van der Waals surface area contributed by atoms with Crippen LogP contribution in [0, 0.1) is 5.41 Å². The minimum atomic E-state index is 0.249. The van der Waals surface area contributed by atoms with Crippen LogP contribution in [-0.4, -0.2) is 5.11 Å². The molecule has 0 fully saturated rings. The fourth-order valence-corrected chi connectivity index (χ4v) is 2.61. The number of hydrogen-bond donors (Lipinski definition) is 1. The molecule has 0 aliphatic heterocycles. The van der Waals surface area contributed by atoms with Crippen molar-refractivity contribution in [2.45, 2.75) is 40.5 Å². The lowest BCUT2D eigenvalue weighted by molar-refractivity contribution is 0.410. The third kappa shape index (κ3) is 3.41. The number of rotatable bonds is 3. The molecule has 0 atom stereocenters. The van der Waals surface area contributed by atoms with Crippen LogP contribution in [0.5, 0.6) is 5.75 Å². The Morgan fingerprint density at radius 1 is 0.950 bits per heavy atom. The van der Waals surface area contributed by atoms with Crippen molar-refractivity contribution in [1.82, 2.24) is 0 Å². The molecule has 0 aromatic heterocycles. The second-order valence-electron chi connectivity index (χ2n) is 6.60. The molecule has 20 heavy (non-hydrogen) atoms. The van der Waals surface area contributed by atoms with Gasteiger partial charge in [-0.1, -0.05) is 58.0 Å². The number of hydrogen-bond acceptors (Lipinski definition) is 1. The van der Waals surface area contributed by atoms with Gasteiger partial charge in [-0.3, -0.25) is 0 Å². The Balaban J connectivity index is 2.48. The summed E-state index contributed by atoms with van der Waals surface area (Å²) in [5.74, 6) is 0.364. The van der Waals surface area contributed by atoms with E-state index in [9.17, 15) is 5.11 Å². The largest absolute Gasteiger partial charge is 0.507 e. The quantitative estimate of drug-likeness (QED) is 0.810. The number of aromatic hydroxyl groups is 1. The first kappa shape index (κ1) is 14.6. The predicted molar refractivity (Wildman–Crippen MR) is 86.1 cm³/mol. The van der Waals surface area contributed by atoms with E-state index >= 15 is 0 Å². The zero-order valence-corrected chi connectivity index (χ0v) is 12.9. The molecule has 0 saturated carbocycles. The second-order valence-corrected chi connectivity index (χ2v) is 6.60. The Morgan fingerprint density at radius 2 is 1.65 bits per heavy atom. The van der Waals surface area contributed by atoms with E-state index in [1.165, 1.54) is 11.1 Å². The SMILES string of the molecule is CCc1ccccc1-c1cc(CC(C)(C)C)ccc1O. The molecule has 2 aromatic carbocycles. The Bertz CT molecular complexity index is 591. The van der Waals surface area contributed by atoms with Crippen LogP contribution in [0.25, 0.3) is 11.1 Å². The summed E-state index contributed by atoms with van der Waals surface area (Å²) in [6.07, 6.45) is 1.98. The Kier molecular flexibility index (Phi) is 4.17. The van der Waals surface area contributed by atoms with E-state index < -0.39 is 0 Å². The van der Waals surface area contributed by atoms with Gasteiger partial charge in [-0.05, 0) is 47.1 Å². The average molecular weight is 268 g/mol. The maximum absolute atomic E-state index is 10.2. The summed E-state index contributed by atoms with van der Waals surface area (Å²) in [7, 11) is 0. The van der Waals surface area contributed by atoms with Gasteiger partial charge in [-0.2, -0.15) is 0 Å². The van der Waals surface area contributed by atoms with Gasteiger partial charge in [0, 0.05) is 5.56 Å². The highest BCUT2D eigenvalue weighted by molar-refractivity contribution is 5.73. The summed E-state index contributed by atoms with van der Waals surface area (Å²) in [5, 5.41) is 10.2. The van der Waals surface area contributed by atoms with Crippen LogP contribution < -0.4 is 0 Å². The summed E-state index contributed by atoms with van der Waals surface area (Å²) in [6.45, 7) is 8.85. The van der Waals surface area contributed by atoms with E-state index in [4.69, 9.17) is 0 Å². The molecule has 0 radical (unpaired) electrons. The van der Waals surface area contributed by atoms with Gasteiger partial charge in [0.1, 0.15) is 5.75 Å². The van der Waals surface area contributed by atoms with Crippen molar-refractivity contribution in [3.63, 3.8) is 0 Å². The highest BCUT2D eigenvalue weighted by Gasteiger charge is 2.14. The molecule has 0 bridgehead atoms. The summed E-state index contributed by atoms with van der Waals surface area (Å²) >= 11 is 0. The summed E-state index contributed by atoms with van der Waals surface area (Å²) < 4.78 is 0. The molecule has 0 heterocycles. The third-order valence-corrected chi connectivity index (χ3v) is 3.48. The topological polar surface area (TPSA) is 20.2 Å². The molecule has 2 aromatic rings. The molecule has 0 saturated heterocycles. The standard InChI is InChI=1S/C19H24O/c1-5-15-8-6-7-9-16(15)17-12-14(10-11-18(17)20)13-19(2,3)4/h6-12,20H,5,13H2,1-4H3. The first-order valence-electron chi connectivity index (χ1n) is 7.31. The molecular formula is C19H24O. The molecule has 1 nitrogen and oxygen atoms in total. The fourth-order valence-electron chi connectivity index (χ4n) is 2.61. The van der Waals surface area contributed by atoms with Gasteiger partial charge in [0.05, 0.1) is 0 Å². The van der Waals surface area contributed by atoms with Gasteiger partial charge in [0.15, 0.2) is 0 Å². The van der Waals surface area contributed by atoms with E-state index in [2.05, 4.69) is 52.0 Å². The minimum absolute atomic E-state index is 0.249. The maximum atomic E-state index is 10.2. The smallest absolute Gasteiger partial charge is 0.123 e. The lowest BCUT2D eigenvalue weighted by Gasteiger charge is -2.19. The van der Waals surface area contributed by atoms with Crippen LogP contribution in [0.15, 0.2) is 42.5 Å². The fraction of sp³-hybridized carbons (Fsp3) is 0.368. The molecule has 0 spiro atoms. The minimum Gasteiger partial charge on any atom is -0.507 e. The molecule has 0 aliphatic rings. The Labute approximate surface area is 122 Å². The zero-order valence-electron chi connectivity index (χ0n) is 12.9. The van der Waals surface area contributed by atoms with Crippen molar-refractivity contribution in [1.29, 1.82) is 0 Å². The molecule has 0 unspecified atom stereocenters. The molecule has 2 rings (SSSR count). The molecular weight excluding hydrogens is 244 g/mol. The van der Waals surface area contributed by atoms with E-state index in [0.29, 0.717) is 5.75 Å². The van der Waals surface area contributed by atoms with E-state index in [1.807, 2.05) is 18.2 Å². The highest BCUT2D eigenvalue weighted by atomic mass is 16.3. The maximum Gasteiger partial charge on any atom is 0.123 e. The van der Waals surface area contributed by atoms with Crippen molar-refractivity contribution < 1.29 is 5.11 Å². The Hall–Kier alpha value is -1.76. The van der Waals surface area contributed by atoms with Crippen LogP contribution >= 0.6 is 0 Å². The van der Waals surface area contributed by atoms with Crippen molar-refractivity contribution in [3.05, 3.63) is 53.6 Å². The molecule has 0 aliphatic carbocycles. The summed E-state index contributed by atoms with van der Waals surface area (Å²) in [5.41, 5.74) is 4.89. The van der Waals surface area contributed by atoms with Crippen LogP contribution in [0.1, 0.15) is 38.8 Å². The number of phenols is 1. The number of aryl methyl sites for hydroxylation is 1. The number of benzene rings is 2. The van der Waals surface area contributed by atoms with Gasteiger partial charge in [-0.25, -0.2) is 0 Å². The van der Waals surface area contributed by atoms with Gasteiger partial charge in [-0.15, -0.1) is 0 Å². The highest BCUT2D eigenvalue weighted by Crippen LogP contribution is 2.34. The van der Waals surface area contributed by atoms with Gasteiger partial charge < -0.3 is 5.11 Å². The van der Waals surface area contributed by atoms with Crippen molar-refractivity contribution in [3.8, 4) is 16.9 Å². The van der Waals surface area contributed by atoms with Gasteiger partial charge >= 0.3 is 0 Å². The van der Waals surface area contributed by atoms with E-state index in [0.717, 1.165) is 24.0 Å². The predicted octanol–water partition coefficient (Wildman–Crippen LogP) is 5.21. The van der Waals surface area contributed by atoms with Gasteiger partial charge in [0.2, 0.25) is 0 Å². The number of phenolic OH excluding ortho intramolecular Hbond substituents is 1. The van der Waals surface area contributed by atoms with Crippen LogP contribution in [0.4, 0.5) is 0 Å². The van der Waals surface area contributed by atoms with E-state index in [-0.39, 0.29) is 5.41 Å².